The molecule has 1 aliphatic carbocycles. The lowest BCUT2D eigenvalue weighted by molar-refractivity contribution is -0.197. The maximum atomic E-state index is 12.7. The van der Waals surface area contributed by atoms with Crippen LogP contribution >= 0.6 is 11.6 Å². The Morgan fingerprint density at radius 3 is 2.39 bits per heavy atom. The minimum absolute atomic E-state index is 0.0278. The SMILES string of the molecule is Cc1nc([C@H]2C[C@@H](C(F)(F)F)C2)c(-c2ccc(Cl)cc2)c(=O)[nH]1. The van der Waals surface area contributed by atoms with Crippen LogP contribution in [0.3, 0.4) is 0 Å². The van der Waals surface area contributed by atoms with Crippen LogP contribution in [-0.4, -0.2) is 16.1 Å². The van der Waals surface area contributed by atoms with Crippen LogP contribution in [0.25, 0.3) is 11.1 Å². The summed E-state index contributed by atoms with van der Waals surface area (Å²) in [6.45, 7) is 1.62. The van der Waals surface area contributed by atoms with Crippen LogP contribution in [0.15, 0.2) is 29.1 Å². The topological polar surface area (TPSA) is 45.8 Å². The van der Waals surface area contributed by atoms with Crippen LogP contribution in [0, 0.1) is 12.8 Å². The van der Waals surface area contributed by atoms with Gasteiger partial charge in [-0.15, -0.1) is 0 Å². The predicted molar refractivity (Wildman–Crippen MR) is 81.6 cm³/mol. The van der Waals surface area contributed by atoms with E-state index in [-0.39, 0.29) is 24.3 Å². The molecule has 1 saturated carbocycles. The van der Waals surface area contributed by atoms with Crippen molar-refractivity contribution in [3.63, 3.8) is 0 Å². The zero-order chi connectivity index (χ0) is 16.8. The zero-order valence-corrected chi connectivity index (χ0v) is 13.0. The number of aryl methyl sites for hydroxylation is 1. The highest BCUT2D eigenvalue weighted by atomic mass is 35.5. The fourth-order valence-electron chi connectivity index (χ4n) is 2.91. The molecule has 3 rings (SSSR count). The number of nitrogens with zero attached hydrogens (tertiary/aromatic N) is 1. The zero-order valence-electron chi connectivity index (χ0n) is 12.2. The van der Waals surface area contributed by atoms with Crippen molar-refractivity contribution in [2.45, 2.75) is 31.9 Å². The van der Waals surface area contributed by atoms with Gasteiger partial charge in [-0.25, -0.2) is 4.98 Å². The third kappa shape index (κ3) is 3.13. The lowest BCUT2D eigenvalue weighted by Gasteiger charge is -2.36. The van der Waals surface area contributed by atoms with Crippen LogP contribution in [0.4, 0.5) is 13.2 Å². The standard InChI is InChI=1S/C16H14ClF3N2O/c1-8-21-14(10-6-11(7-10)16(18,19)20)13(15(23)22-8)9-2-4-12(17)5-3-9/h2-5,10-11H,6-7H2,1H3,(H,21,22,23)/t10-,11+. The van der Waals surface area contributed by atoms with Gasteiger partial charge < -0.3 is 4.98 Å². The molecule has 3 nitrogen and oxygen atoms in total. The number of nitrogens with one attached hydrogen (secondary N) is 1. The van der Waals surface area contributed by atoms with Gasteiger partial charge in [-0.2, -0.15) is 13.2 Å². The van der Waals surface area contributed by atoms with E-state index in [1.165, 1.54) is 0 Å². The minimum atomic E-state index is -4.19. The van der Waals surface area contributed by atoms with E-state index in [1.807, 2.05) is 0 Å². The second-order valence-corrected chi connectivity index (χ2v) is 6.26. The minimum Gasteiger partial charge on any atom is -0.310 e. The normalized spacial score (nSPS) is 21.1. The molecule has 122 valence electrons. The molecule has 0 bridgehead atoms. The monoisotopic (exact) mass is 342 g/mol. The lowest BCUT2D eigenvalue weighted by Crippen LogP contribution is -2.36. The van der Waals surface area contributed by atoms with Gasteiger partial charge in [0, 0.05) is 10.9 Å². The fourth-order valence-corrected chi connectivity index (χ4v) is 3.03. The third-order valence-corrected chi connectivity index (χ3v) is 4.44. The van der Waals surface area contributed by atoms with E-state index in [9.17, 15) is 18.0 Å². The van der Waals surface area contributed by atoms with E-state index < -0.39 is 12.1 Å². The molecular formula is C16H14ClF3N2O. The Morgan fingerprint density at radius 2 is 1.83 bits per heavy atom. The Kier molecular flexibility index (Phi) is 3.96. The van der Waals surface area contributed by atoms with Gasteiger partial charge in [0.1, 0.15) is 5.82 Å². The number of hydrogen-bond donors (Lipinski definition) is 1. The van der Waals surface area contributed by atoms with Crippen molar-refractivity contribution in [1.29, 1.82) is 0 Å². The molecule has 0 unspecified atom stereocenters. The van der Waals surface area contributed by atoms with Crippen molar-refractivity contribution in [3.05, 3.63) is 51.2 Å². The largest absolute Gasteiger partial charge is 0.391 e. The van der Waals surface area contributed by atoms with Crippen molar-refractivity contribution in [1.82, 2.24) is 9.97 Å². The molecule has 7 heteroatoms. The second-order valence-electron chi connectivity index (χ2n) is 5.83. The van der Waals surface area contributed by atoms with Crippen molar-refractivity contribution < 1.29 is 13.2 Å². The molecule has 1 aromatic carbocycles. The molecule has 1 N–H and O–H groups in total. The van der Waals surface area contributed by atoms with Gasteiger partial charge in [0.2, 0.25) is 0 Å². The van der Waals surface area contributed by atoms with E-state index in [0.29, 0.717) is 27.7 Å². The van der Waals surface area contributed by atoms with E-state index in [0.717, 1.165) is 0 Å². The molecule has 1 heterocycles. The molecule has 1 aliphatic rings. The molecule has 0 aliphatic heterocycles. The maximum Gasteiger partial charge on any atom is 0.391 e. The van der Waals surface area contributed by atoms with E-state index in [1.54, 1.807) is 31.2 Å². The highest BCUT2D eigenvalue weighted by Crippen LogP contribution is 2.50. The molecular weight excluding hydrogens is 329 g/mol. The molecule has 1 aromatic heterocycles. The smallest absolute Gasteiger partial charge is 0.310 e. The first-order chi connectivity index (χ1) is 10.8. The quantitative estimate of drug-likeness (QED) is 0.876. The summed E-state index contributed by atoms with van der Waals surface area (Å²) in [5, 5.41) is 0.521. The summed E-state index contributed by atoms with van der Waals surface area (Å²) in [6, 6.07) is 6.62. The van der Waals surface area contributed by atoms with Gasteiger partial charge in [0.15, 0.2) is 0 Å². The van der Waals surface area contributed by atoms with Crippen LogP contribution in [0.5, 0.6) is 0 Å². The van der Waals surface area contributed by atoms with E-state index in [2.05, 4.69) is 9.97 Å². The molecule has 0 saturated heterocycles. The Hall–Kier alpha value is -1.82. The van der Waals surface area contributed by atoms with Crippen LogP contribution in [-0.2, 0) is 0 Å². The van der Waals surface area contributed by atoms with Gasteiger partial charge >= 0.3 is 6.18 Å². The van der Waals surface area contributed by atoms with Gasteiger partial charge in [0.25, 0.3) is 5.56 Å². The van der Waals surface area contributed by atoms with Crippen molar-refractivity contribution in [2.75, 3.05) is 0 Å². The Labute approximate surface area is 135 Å². The summed E-state index contributed by atoms with van der Waals surface area (Å²) < 4.78 is 38.1. The summed E-state index contributed by atoms with van der Waals surface area (Å²) in [5.41, 5.74) is 1.03. The third-order valence-electron chi connectivity index (χ3n) is 4.19. The number of halogens is 4. The number of alkyl halides is 3. The highest BCUT2D eigenvalue weighted by Gasteiger charge is 2.49. The molecule has 0 atom stereocenters. The molecule has 23 heavy (non-hydrogen) atoms. The predicted octanol–water partition coefficient (Wildman–Crippen LogP) is 4.45. The number of aromatic amines is 1. The van der Waals surface area contributed by atoms with Crippen LogP contribution in [0.2, 0.25) is 5.02 Å². The summed E-state index contributed by atoms with van der Waals surface area (Å²) in [6.07, 6.45) is -4.24. The van der Waals surface area contributed by atoms with Crippen LogP contribution < -0.4 is 5.56 Å². The molecule has 1 fully saturated rings. The average Bonchev–Trinajstić information content (AvgIpc) is 2.36. The van der Waals surface area contributed by atoms with Gasteiger partial charge in [-0.1, -0.05) is 23.7 Å². The van der Waals surface area contributed by atoms with Crippen molar-refractivity contribution >= 4 is 11.6 Å². The molecule has 0 radical (unpaired) electrons. The first kappa shape index (κ1) is 16.1. The van der Waals surface area contributed by atoms with Gasteiger partial charge in [-0.05, 0) is 37.5 Å². The number of rotatable bonds is 2. The van der Waals surface area contributed by atoms with Crippen LogP contribution in [0.1, 0.15) is 30.3 Å². The molecule has 0 spiro atoms. The van der Waals surface area contributed by atoms with E-state index >= 15 is 0 Å². The second kappa shape index (κ2) is 5.67. The lowest BCUT2D eigenvalue weighted by atomic mass is 9.71. The molecule has 2 aromatic rings. The first-order valence-electron chi connectivity index (χ1n) is 7.19. The fraction of sp³-hybridized carbons (Fsp3) is 0.375. The number of H-pyrrole nitrogens is 1. The van der Waals surface area contributed by atoms with E-state index in [4.69, 9.17) is 11.6 Å². The number of hydrogen-bond acceptors (Lipinski definition) is 2. The Balaban J connectivity index is 2.01. The summed E-state index contributed by atoms with van der Waals surface area (Å²) in [5.74, 6) is -1.27. The summed E-state index contributed by atoms with van der Waals surface area (Å²) in [7, 11) is 0. The maximum absolute atomic E-state index is 12.7. The summed E-state index contributed by atoms with van der Waals surface area (Å²) >= 11 is 5.85. The number of benzene rings is 1. The van der Waals surface area contributed by atoms with Gasteiger partial charge in [-0.3, -0.25) is 4.79 Å². The van der Waals surface area contributed by atoms with Crippen molar-refractivity contribution in [3.8, 4) is 11.1 Å². The molecule has 0 amide bonds. The van der Waals surface area contributed by atoms with Crippen molar-refractivity contribution in [2.24, 2.45) is 5.92 Å². The highest BCUT2D eigenvalue weighted by molar-refractivity contribution is 6.30. The van der Waals surface area contributed by atoms with Gasteiger partial charge in [0.05, 0.1) is 17.2 Å². The Morgan fingerprint density at radius 1 is 1.22 bits per heavy atom. The first-order valence-corrected chi connectivity index (χ1v) is 7.57. The number of aromatic nitrogens is 2. The average molecular weight is 343 g/mol. The summed E-state index contributed by atoms with van der Waals surface area (Å²) in [4.78, 5) is 19.2. The Bertz CT molecular complexity index is 777.